The Morgan fingerprint density at radius 3 is 2.88 bits per heavy atom. The molecule has 0 saturated carbocycles. The second kappa shape index (κ2) is 9.51. The first-order valence-corrected chi connectivity index (χ1v) is 7.38. The van der Waals surface area contributed by atoms with E-state index >= 15 is 0 Å². The van der Waals surface area contributed by atoms with Crippen LogP contribution in [-0.4, -0.2) is 24.0 Å². The lowest BCUT2D eigenvalue weighted by Gasteiger charge is -2.05. The molecule has 3 heteroatoms. The first-order valence-electron chi connectivity index (χ1n) is 6.40. The fourth-order valence-electron chi connectivity index (χ4n) is 1.60. The molecule has 0 aliphatic rings. The number of unbranched alkanes of at least 4 members (excludes halogenated alkanes) is 2. The van der Waals surface area contributed by atoms with Gasteiger partial charge in [-0.25, -0.2) is 0 Å². The number of nitrogens with one attached hydrogen (secondary N) is 1. The Morgan fingerprint density at radius 2 is 2.12 bits per heavy atom. The van der Waals surface area contributed by atoms with Crippen molar-refractivity contribution in [3.63, 3.8) is 0 Å². The van der Waals surface area contributed by atoms with Gasteiger partial charge in [-0.3, -0.25) is 0 Å². The van der Waals surface area contributed by atoms with Gasteiger partial charge in [0.25, 0.3) is 0 Å². The highest BCUT2D eigenvalue weighted by atomic mass is 32.2. The molecular weight excluding hydrogens is 230 g/mol. The van der Waals surface area contributed by atoms with Gasteiger partial charge < -0.3 is 10.4 Å². The smallest absolute Gasteiger partial charge is 0.0431 e. The van der Waals surface area contributed by atoms with Crippen molar-refractivity contribution < 1.29 is 5.11 Å². The maximum Gasteiger partial charge on any atom is 0.0431 e. The number of hydrogen-bond acceptors (Lipinski definition) is 3. The van der Waals surface area contributed by atoms with E-state index in [1.54, 1.807) is 0 Å². The summed E-state index contributed by atoms with van der Waals surface area (Å²) in [7, 11) is 0. The van der Waals surface area contributed by atoms with Crippen LogP contribution >= 0.6 is 11.8 Å². The fraction of sp³-hybridized carbons (Fsp3) is 0.571. The molecule has 0 atom stereocenters. The molecule has 1 aromatic rings. The predicted octanol–water partition coefficient (Wildman–Crippen LogP) is 3.05. The van der Waals surface area contributed by atoms with E-state index in [2.05, 4.69) is 36.5 Å². The summed E-state index contributed by atoms with van der Waals surface area (Å²) in [4.78, 5) is 1.35. The highest BCUT2D eigenvalue weighted by molar-refractivity contribution is 7.99. The zero-order valence-corrected chi connectivity index (χ0v) is 11.4. The van der Waals surface area contributed by atoms with E-state index in [0.29, 0.717) is 6.61 Å². The van der Waals surface area contributed by atoms with Gasteiger partial charge in [-0.05, 0) is 42.8 Å². The lowest BCUT2D eigenvalue weighted by molar-refractivity contribution is 0.284. The van der Waals surface area contributed by atoms with Crippen molar-refractivity contribution >= 4 is 11.8 Å². The van der Waals surface area contributed by atoms with Gasteiger partial charge in [0.2, 0.25) is 0 Å². The van der Waals surface area contributed by atoms with Crippen LogP contribution in [0.15, 0.2) is 29.2 Å². The topological polar surface area (TPSA) is 32.3 Å². The van der Waals surface area contributed by atoms with Crippen LogP contribution in [-0.2, 0) is 6.54 Å². The zero-order valence-electron chi connectivity index (χ0n) is 10.6. The van der Waals surface area contributed by atoms with Crippen molar-refractivity contribution in [1.29, 1.82) is 0 Å². The molecule has 0 unspecified atom stereocenters. The molecule has 2 N–H and O–H groups in total. The van der Waals surface area contributed by atoms with E-state index in [0.717, 1.165) is 31.7 Å². The molecule has 0 fully saturated rings. The van der Waals surface area contributed by atoms with Gasteiger partial charge in [-0.2, -0.15) is 0 Å². The quantitative estimate of drug-likeness (QED) is 0.524. The van der Waals surface area contributed by atoms with Crippen LogP contribution in [0.25, 0.3) is 0 Å². The summed E-state index contributed by atoms with van der Waals surface area (Å²) in [5.41, 5.74) is 1.35. The third-order valence-electron chi connectivity index (χ3n) is 2.55. The molecule has 2 nitrogen and oxygen atoms in total. The second-order valence-electron chi connectivity index (χ2n) is 4.06. The Bertz CT molecular complexity index is 304. The lowest BCUT2D eigenvalue weighted by Crippen LogP contribution is -2.11. The Hall–Kier alpha value is -0.510. The maximum atomic E-state index is 8.69. The molecule has 0 spiro atoms. The van der Waals surface area contributed by atoms with Crippen LogP contribution in [0.3, 0.4) is 0 Å². The van der Waals surface area contributed by atoms with E-state index in [4.69, 9.17) is 5.11 Å². The molecule has 0 heterocycles. The van der Waals surface area contributed by atoms with Gasteiger partial charge in [0.15, 0.2) is 0 Å². The highest BCUT2D eigenvalue weighted by Crippen LogP contribution is 2.20. The summed E-state index contributed by atoms with van der Waals surface area (Å²) < 4.78 is 0. The van der Waals surface area contributed by atoms with Gasteiger partial charge >= 0.3 is 0 Å². The monoisotopic (exact) mass is 253 g/mol. The van der Waals surface area contributed by atoms with Crippen LogP contribution < -0.4 is 5.32 Å². The summed E-state index contributed by atoms with van der Waals surface area (Å²) in [5, 5.41) is 12.0. The molecule has 0 saturated heterocycles. The molecule has 0 radical (unpaired) electrons. The van der Waals surface area contributed by atoms with Gasteiger partial charge in [0.1, 0.15) is 0 Å². The Morgan fingerprint density at radius 1 is 1.24 bits per heavy atom. The standard InChI is InChI=1S/C14H23NOS/c1-2-15-12-13-7-6-8-14(11-13)17-10-5-3-4-9-16/h6-8,11,15-16H,2-5,9-10,12H2,1H3. The van der Waals surface area contributed by atoms with Crippen molar-refractivity contribution in [2.45, 2.75) is 37.6 Å². The van der Waals surface area contributed by atoms with Gasteiger partial charge in [-0.1, -0.05) is 25.5 Å². The zero-order chi connectivity index (χ0) is 12.3. The molecule has 0 aliphatic heterocycles. The van der Waals surface area contributed by atoms with E-state index in [1.165, 1.54) is 16.9 Å². The summed E-state index contributed by atoms with van der Waals surface area (Å²) >= 11 is 1.91. The largest absolute Gasteiger partial charge is 0.396 e. The molecule has 0 bridgehead atoms. The van der Waals surface area contributed by atoms with Gasteiger partial charge in [0, 0.05) is 18.0 Å². The SMILES string of the molecule is CCNCc1cccc(SCCCCCO)c1. The Labute approximate surface area is 109 Å². The number of aliphatic hydroxyl groups is 1. The van der Waals surface area contributed by atoms with Crippen LogP contribution in [0, 0.1) is 0 Å². The Kier molecular flexibility index (Phi) is 8.14. The third kappa shape index (κ3) is 6.71. The van der Waals surface area contributed by atoms with Crippen LogP contribution in [0.5, 0.6) is 0 Å². The third-order valence-corrected chi connectivity index (χ3v) is 3.63. The minimum absolute atomic E-state index is 0.322. The lowest BCUT2D eigenvalue weighted by atomic mass is 10.2. The molecule has 17 heavy (non-hydrogen) atoms. The first-order chi connectivity index (χ1) is 8.36. The average Bonchev–Trinajstić information content (AvgIpc) is 2.37. The van der Waals surface area contributed by atoms with Crippen LogP contribution in [0.4, 0.5) is 0 Å². The molecule has 96 valence electrons. The highest BCUT2D eigenvalue weighted by Gasteiger charge is 1.97. The molecule has 1 rings (SSSR count). The molecule has 0 amide bonds. The number of thioether (sulfide) groups is 1. The average molecular weight is 253 g/mol. The second-order valence-corrected chi connectivity index (χ2v) is 5.23. The van der Waals surface area contributed by atoms with Crippen LogP contribution in [0.2, 0.25) is 0 Å². The summed E-state index contributed by atoms with van der Waals surface area (Å²) in [6, 6.07) is 8.73. The van der Waals surface area contributed by atoms with Crippen molar-refractivity contribution in [2.75, 3.05) is 18.9 Å². The van der Waals surface area contributed by atoms with E-state index in [-0.39, 0.29) is 0 Å². The molecule has 0 aromatic heterocycles. The number of hydrogen-bond donors (Lipinski definition) is 2. The molecule has 0 aliphatic carbocycles. The Balaban J connectivity index is 2.27. The number of benzene rings is 1. The van der Waals surface area contributed by atoms with E-state index < -0.39 is 0 Å². The normalized spacial score (nSPS) is 10.7. The van der Waals surface area contributed by atoms with Crippen molar-refractivity contribution in [1.82, 2.24) is 5.32 Å². The predicted molar refractivity (Wildman–Crippen MR) is 75.5 cm³/mol. The van der Waals surface area contributed by atoms with Crippen molar-refractivity contribution in [2.24, 2.45) is 0 Å². The van der Waals surface area contributed by atoms with Gasteiger partial charge in [-0.15, -0.1) is 11.8 Å². The van der Waals surface area contributed by atoms with Crippen LogP contribution in [0.1, 0.15) is 31.7 Å². The van der Waals surface area contributed by atoms with Crippen molar-refractivity contribution in [3.05, 3.63) is 29.8 Å². The van der Waals surface area contributed by atoms with E-state index in [9.17, 15) is 0 Å². The molecular formula is C14H23NOS. The summed E-state index contributed by atoms with van der Waals surface area (Å²) in [6.07, 6.45) is 3.24. The first kappa shape index (κ1) is 14.6. The molecule has 1 aromatic carbocycles. The van der Waals surface area contributed by atoms with Crippen molar-refractivity contribution in [3.8, 4) is 0 Å². The fourth-order valence-corrected chi connectivity index (χ4v) is 2.59. The summed E-state index contributed by atoms with van der Waals surface area (Å²) in [5.74, 6) is 1.14. The minimum atomic E-state index is 0.322. The minimum Gasteiger partial charge on any atom is -0.396 e. The number of aliphatic hydroxyl groups excluding tert-OH is 1. The summed E-state index contributed by atoms with van der Waals surface area (Å²) in [6.45, 7) is 4.41. The number of rotatable bonds is 9. The van der Waals surface area contributed by atoms with E-state index in [1.807, 2.05) is 11.8 Å². The van der Waals surface area contributed by atoms with Gasteiger partial charge in [0.05, 0.1) is 0 Å². The maximum absolute atomic E-state index is 8.69.